The third kappa shape index (κ3) is 3.74. The quantitative estimate of drug-likeness (QED) is 0.561. The van der Waals surface area contributed by atoms with Crippen molar-refractivity contribution < 1.29 is 19.5 Å². The summed E-state index contributed by atoms with van der Waals surface area (Å²) in [5.74, 6) is 0.722. The zero-order valence-corrected chi connectivity index (χ0v) is 11.9. The lowest BCUT2D eigenvalue weighted by Gasteiger charge is -2.18. The lowest BCUT2D eigenvalue weighted by atomic mass is 10.1. The standard InChI is InChI=1S/C13H20N2O5/c1-4-9(5-6-16)14-10-7-12(19-2)13(20-3)8-11(10)15(17)18/h7-9,14,16H,4-6H2,1-3H3. The van der Waals surface area contributed by atoms with Gasteiger partial charge in [-0.25, -0.2) is 0 Å². The topological polar surface area (TPSA) is 93.9 Å². The van der Waals surface area contributed by atoms with Gasteiger partial charge in [0.15, 0.2) is 11.5 Å². The molecule has 0 bridgehead atoms. The second-order valence-electron chi connectivity index (χ2n) is 4.24. The molecule has 0 saturated carbocycles. The molecular weight excluding hydrogens is 264 g/mol. The first-order chi connectivity index (χ1) is 9.57. The average Bonchev–Trinajstić information content (AvgIpc) is 2.45. The van der Waals surface area contributed by atoms with Crippen LogP contribution in [0.15, 0.2) is 12.1 Å². The van der Waals surface area contributed by atoms with Crippen LogP contribution in [0.4, 0.5) is 11.4 Å². The van der Waals surface area contributed by atoms with E-state index < -0.39 is 4.92 Å². The number of rotatable bonds is 8. The number of anilines is 1. The molecule has 0 amide bonds. The molecule has 7 nitrogen and oxygen atoms in total. The molecule has 0 fully saturated rings. The normalized spacial score (nSPS) is 11.8. The first-order valence-electron chi connectivity index (χ1n) is 6.35. The molecule has 1 aromatic rings. The predicted octanol–water partition coefficient (Wildman–Crippen LogP) is 2.18. The van der Waals surface area contributed by atoms with E-state index in [0.717, 1.165) is 6.42 Å². The summed E-state index contributed by atoms with van der Waals surface area (Å²) >= 11 is 0. The molecule has 0 radical (unpaired) electrons. The lowest BCUT2D eigenvalue weighted by Crippen LogP contribution is -2.20. The molecule has 0 aliphatic carbocycles. The van der Waals surface area contributed by atoms with Crippen LogP contribution in [0, 0.1) is 10.1 Å². The summed E-state index contributed by atoms with van der Waals surface area (Å²) in [7, 11) is 2.90. The summed E-state index contributed by atoms with van der Waals surface area (Å²) in [5.41, 5.74) is 0.270. The fourth-order valence-electron chi connectivity index (χ4n) is 1.89. The van der Waals surface area contributed by atoms with Gasteiger partial charge in [-0.1, -0.05) is 6.92 Å². The highest BCUT2D eigenvalue weighted by atomic mass is 16.6. The third-order valence-electron chi connectivity index (χ3n) is 3.03. The fraction of sp³-hybridized carbons (Fsp3) is 0.538. The number of nitro benzene ring substituents is 1. The smallest absolute Gasteiger partial charge is 0.296 e. The van der Waals surface area contributed by atoms with Gasteiger partial charge in [0.2, 0.25) is 0 Å². The van der Waals surface area contributed by atoms with Crippen LogP contribution in [0.25, 0.3) is 0 Å². The van der Waals surface area contributed by atoms with Crippen LogP contribution in [-0.2, 0) is 0 Å². The zero-order chi connectivity index (χ0) is 15.1. The lowest BCUT2D eigenvalue weighted by molar-refractivity contribution is -0.384. The van der Waals surface area contributed by atoms with Crippen molar-refractivity contribution in [2.24, 2.45) is 0 Å². The maximum absolute atomic E-state index is 11.1. The Morgan fingerprint density at radius 3 is 2.40 bits per heavy atom. The molecule has 20 heavy (non-hydrogen) atoms. The molecular formula is C13H20N2O5. The molecule has 0 heterocycles. The SMILES string of the molecule is CCC(CCO)Nc1cc(OC)c(OC)cc1[N+](=O)[O-]. The van der Waals surface area contributed by atoms with Crippen molar-refractivity contribution in [3.63, 3.8) is 0 Å². The number of aliphatic hydroxyl groups is 1. The van der Waals surface area contributed by atoms with Gasteiger partial charge in [-0.2, -0.15) is 0 Å². The van der Waals surface area contributed by atoms with Crippen molar-refractivity contribution in [1.29, 1.82) is 0 Å². The van der Waals surface area contributed by atoms with Crippen LogP contribution in [0.5, 0.6) is 11.5 Å². The van der Waals surface area contributed by atoms with Gasteiger partial charge in [0.1, 0.15) is 5.69 Å². The summed E-state index contributed by atoms with van der Waals surface area (Å²) in [6.45, 7) is 1.96. The maximum Gasteiger partial charge on any atom is 0.296 e. The Hall–Kier alpha value is -2.02. The monoisotopic (exact) mass is 284 g/mol. The number of benzene rings is 1. The predicted molar refractivity (Wildman–Crippen MR) is 75.6 cm³/mol. The minimum Gasteiger partial charge on any atom is -0.493 e. The van der Waals surface area contributed by atoms with Crippen molar-refractivity contribution in [3.8, 4) is 11.5 Å². The molecule has 1 unspecified atom stereocenters. The van der Waals surface area contributed by atoms with Crippen molar-refractivity contribution in [3.05, 3.63) is 22.2 Å². The van der Waals surface area contributed by atoms with Crippen LogP contribution < -0.4 is 14.8 Å². The molecule has 1 aromatic carbocycles. The molecule has 0 aliphatic rings. The number of hydrogen-bond donors (Lipinski definition) is 2. The minimum atomic E-state index is -0.476. The van der Waals surface area contributed by atoms with Gasteiger partial charge in [0, 0.05) is 18.7 Å². The molecule has 1 atom stereocenters. The number of nitrogens with one attached hydrogen (secondary N) is 1. The van der Waals surface area contributed by atoms with Crippen LogP contribution in [0.3, 0.4) is 0 Å². The van der Waals surface area contributed by atoms with Gasteiger partial charge in [0.05, 0.1) is 25.2 Å². The van der Waals surface area contributed by atoms with E-state index in [-0.39, 0.29) is 18.3 Å². The highest BCUT2D eigenvalue weighted by Crippen LogP contribution is 2.38. The summed E-state index contributed by atoms with van der Waals surface area (Å²) in [4.78, 5) is 10.7. The Balaban J connectivity index is 3.18. The highest BCUT2D eigenvalue weighted by molar-refractivity contribution is 5.68. The van der Waals surface area contributed by atoms with Crippen LogP contribution >= 0.6 is 0 Å². The van der Waals surface area contributed by atoms with Gasteiger partial charge in [-0.3, -0.25) is 10.1 Å². The van der Waals surface area contributed by atoms with Gasteiger partial charge in [-0.05, 0) is 12.8 Å². The number of hydrogen-bond acceptors (Lipinski definition) is 6. The molecule has 0 aliphatic heterocycles. The van der Waals surface area contributed by atoms with Crippen molar-refractivity contribution in [1.82, 2.24) is 0 Å². The van der Waals surface area contributed by atoms with Crippen molar-refractivity contribution >= 4 is 11.4 Å². The summed E-state index contributed by atoms with van der Waals surface area (Å²) in [6.07, 6.45) is 1.26. The Morgan fingerprint density at radius 1 is 1.35 bits per heavy atom. The molecule has 0 saturated heterocycles. The number of ether oxygens (including phenoxy) is 2. The number of methoxy groups -OCH3 is 2. The summed E-state index contributed by atoms with van der Waals surface area (Å²) < 4.78 is 10.2. The largest absolute Gasteiger partial charge is 0.493 e. The Labute approximate surface area is 117 Å². The number of aliphatic hydroxyl groups excluding tert-OH is 1. The van der Waals surface area contributed by atoms with Gasteiger partial charge in [-0.15, -0.1) is 0 Å². The van der Waals surface area contributed by atoms with E-state index >= 15 is 0 Å². The third-order valence-corrected chi connectivity index (χ3v) is 3.03. The average molecular weight is 284 g/mol. The second kappa shape index (κ2) is 7.54. The van der Waals surface area contributed by atoms with E-state index in [1.165, 1.54) is 26.4 Å². The molecule has 7 heteroatoms. The van der Waals surface area contributed by atoms with E-state index in [0.29, 0.717) is 23.6 Å². The molecule has 0 aromatic heterocycles. The zero-order valence-electron chi connectivity index (χ0n) is 11.9. The van der Waals surface area contributed by atoms with Gasteiger partial charge in [0.25, 0.3) is 5.69 Å². The first-order valence-corrected chi connectivity index (χ1v) is 6.35. The molecule has 1 rings (SSSR count). The van der Waals surface area contributed by atoms with Gasteiger partial charge < -0.3 is 19.9 Å². The Morgan fingerprint density at radius 2 is 1.95 bits per heavy atom. The van der Waals surface area contributed by atoms with Crippen LogP contribution in [0.1, 0.15) is 19.8 Å². The van der Waals surface area contributed by atoms with E-state index in [2.05, 4.69) is 5.32 Å². The van der Waals surface area contributed by atoms with E-state index in [9.17, 15) is 10.1 Å². The Kier molecular flexibility index (Phi) is 6.05. The highest BCUT2D eigenvalue weighted by Gasteiger charge is 2.21. The second-order valence-corrected chi connectivity index (χ2v) is 4.24. The maximum atomic E-state index is 11.1. The minimum absolute atomic E-state index is 0.0204. The van der Waals surface area contributed by atoms with E-state index in [1.807, 2.05) is 6.92 Å². The van der Waals surface area contributed by atoms with Crippen molar-refractivity contribution in [2.45, 2.75) is 25.8 Å². The van der Waals surface area contributed by atoms with Crippen LogP contribution in [-0.4, -0.2) is 36.9 Å². The number of nitrogens with zero attached hydrogens (tertiary/aromatic N) is 1. The number of nitro groups is 1. The fourth-order valence-corrected chi connectivity index (χ4v) is 1.89. The Bertz CT molecular complexity index is 464. The van der Waals surface area contributed by atoms with Crippen LogP contribution in [0.2, 0.25) is 0 Å². The summed E-state index contributed by atoms with van der Waals surface area (Å²) in [6, 6.07) is 2.82. The van der Waals surface area contributed by atoms with Gasteiger partial charge >= 0.3 is 0 Å². The first kappa shape index (κ1) is 16.0. The van der Waals surface area contributed by atoms with E-state index in [4.69, 9.17) is 14.6 Å². The van der Waals surface area contributed by atoms with E-state index in [1.54, 1.807) is 0 Å². The van der Waals surface area contributed by atoms with Crippen molar-refractivity contribution in [2.75, 3.05) is 26.1 Å². The molecule has 2 N–H and O–H groups in total. The molecule has 112 valence electrons. The molecule has 0 spiro atoms. The summed E-state index contributed by atoms with van der Waals surface area (Å²) in [5, 5.41) is 23.2.